The average molecular weight is 396 g/mol. The van der Waals surface area contributed by atoms with Gasteiger partial charge in [-0.3, -0.25) is 14.4 Å². The van der Waals surface area contributed by atoms with Gasteiger partial charge >= 0.3 is 5.97 Å². The van der Waals surface area contributed by atoms with Gasteiger partial charge < -0.3 is 9.84 Å². The van der Waals surface area contributed by atoms with Gasteiger partial charge in [0.1, 0.15) is 11.7 Å². The molecule has 1 N–H and O–H groups in total. The molecule has 0 bridgehead atoms. The summed E-state index contributed by atoms with van der Waals surface area (Å²) in [6.45, 7) is 4.28. The molecule has 0 aromatic rings. The van der Waals surface area contributed by atoms with Crippen LogP contribution in [0.15, 0.2) is 34.4 Å². The van der Waals surface area contributed by atoms with Crippen LogP contribution in [0.5, 0.6) is 0 Å². The SMILES string of the molecule is COC(=O)[C@H]1C2=C(CC[C@@]34C(=O)CC[C@]3(C)CC=C24)C2(C)CCC(=O)C=C2C1O. The molecule has 29 heavy (non-hydrogen) atoms. The zero-order valence-electron chi connectivity index (χ0n) is 17.3. The maximum atomic E-state index is 13.2. The number of ketones is 2. The number of hydrogen-bond donors (Lipinski definition) is 1. The minimum absolute atomic E-state index is 0.00454. The van der Waals surface area contributed by atoms with E-state index in [2.05, 4.69) is 19.9 Å². The van der Waals surface area contributed by atoms with E-state index >= 15 is 0 Å². The van der Waals surface area contributed by atoms with Crippen LogP contribution in [0.1, 0.15) is 58.8 Å². The van der Waals surface area contributed by atoms with Crippen molar-refractivity contribution < 1.29 is 24.2 Å². The maximum Gasteiger partial charge on any atom is 0.316 e. The Bertz CT molecular complexity index is 952. The van der Waals surface area contributed by atoms with E-state index in [1.165, 1.54) is 7.11 Å². The number of aliphatic hydroxyl groups excluding tert-OH is 1. The first kappa shape index (κ1) is 19.0. The van der Waals surface area contributed by atoms with Gasteiger partial charge in [-0.2, -0.15) is 0 Å². The monoisotopic (exact) mass is 396 g/mol. The quantitative estimate of drug-likeness (QED) is 0.689. The summed E-state index contributed by atoms with van der Waals surface area (Å²) in [5, 5.41) is 11.3. The van der Waals surface area contributed by atoms with Crippen molar-refractivity contribution in [3.8, 4) is 0 Å². The molecule has 0 radical (unpaired) electrons. The Balaban J connectivity index is 1.78. The van der Waals surface area contributed by atoms with E-state index < -0.39 is 28.8 Å². The van der Waals surface area contributed by atoms with Crippen molar-refractivity contribution in [3.63, 3.8) is 0 Å². The maximum absolute atomic E-state index is 13.2. The molecule has 0 aromatic heterocycles. The first-order chi connectivity index (χ1) is 13.7. The van der Waals surface area contributed by atoms with Crippen molar-refractivity contribution in [3.05, 3.63) is 34.4 Å². The second-order valence-electron chi connectivity index (χ2n) is 9.95. The van der Waals surface area contributed by atoms with E-state index in [-0.39, 0.29) is 17.0 Å². The summed E-state index contributed by atoms with van der Waals surface area (Å²) in [5.74, 6) is -1.10. The van der Waals surface area contributed by atoms with Crippen molar-refractivity contribution >= 4 is 17.5 Å². The second kappa shape index (κ2) is 5.78. The molecule has 5 aliphatic carbocycles. The number of methoxy groups -OCH3 is 1. The fourth-order valence-electron chi connectivity index (χ4n) is 7.23. The summed E-state index contributed by atoms with van der Waals surface area (Å²) >= 11 is 0. The molecule has 5 nitrogen and oxygen atoms in total. The molecule has 5 atom stereocenters. The number of fused-ring (bicyclic) bond motifs is 3. The predicted octanol–water partition coefficient (Wildman–Crippen LogP) is 3.22. The lowest BCUT2D eigenvalue weighted by atomic mass is 9.50. The highest BCUT2D eigenvalue weighted by Gasteiger charge is 2.66. The average Bonchev–Trinajstić information content (AvgIpc) is 3.13. The van der Waals surface area contributed by atoms with Crippen LogP contribution in [0.2, 0.25) is 0 Å². The molecule has 0 heterocycles. The smallest absolute Gasteiger partial charge is 0.316 e. The minimum atomic E-state index is -1.10. The number of ether oxygens (including phenoxy) is 1. The first-order valence-corrected chi connectivity index (χ1v) is 10.7. The molecule has 0 aliphatic heterocycles. The lowest BCUT2D eigenvalue weighted by Gasteiger charge is -2.53. The van der Waals surface area contributed by atoms with Crippen LogP contribution >= 0.6 is 0 Å². The van der Waals surface area contributed by atoms with Gasteiger partial charge in [0.2, 0.25) is 0 Å². The Kier molecular flexibility index (Phi) is 3.78. The Morgan fingerprint density at radius 1 is 1.14 bits per heavy atom. The van der Waals surface area contributed by atoms with E-state index in [0.717, 1.165) is 42.4 Å². The standard InChI is InChI=1S/C24H28O5/c1-22-8-5-15-18-14(6-11-24(15,22)17(26)7-9-22)23(2)10-4-13(25)12-16(23)20(27)19(18)21(28)29-3/h5,12,19-20,27H,4,6-11H2,1-3H3/t19-,20?,22-,23?,24+/m0/s1. The molecule has 2 unspecified atom stereocenters. The second-order valence-corrected chi connectivity index (χ2v) is 9.95. The van der Waals surface area contributed by atoms with Crippen LogP contribution in [-0.4, -0.2) is 35.9 Å². The number of esters is 1. The Hall–Kier alpha value is -2.01. The van der Waals surface area contributed by atoms with Crippen molar-refractivity contribution in [1.82, 2.24) is 0 Å². The third-order valence-electron chi connectivity index (χ3n) is 8.88. The van der Waals surface area contributed by atoms with E-state index in [1.54, 1.807) is 6.08 Å². The topological polar surface area (TPSA) is 80.7 Å². The van der Waals surface area contributed by atoms with Crippen LogP contribution in [0, 0.1) is 22.2 Å². The Morgan fingerprint density at radius 3 is 2.62 bits per heavy atom. The zero-order valence-corrected chi connectivity index (χ0v) is 17.3. The molecular formula is C24H28O5. The highest BCUT2D eigenvalue weighted by Crippen LogP contribution is 2.70. The van der Waals surface area contributed by atoms with Crippen LogP contribution in [0.25, 0.3) is 0 Å². The fourth-order valence-corrected chi connectivity index (χ4v) is 7.23. The van der Waals surface area contributed by atoms with Gasteiger partial charge in [0.15, 0.2) is 5.78 Å². The molecule has 5 rings (SSSR count). The molecule has 1 spiro atoms. The van der Waals surface area contributed by atoms with Gasteiger partial charge in [0, 0.05) is 18.3 Å². The number of carbonyl (C=O) groups is 3. The van der Waals surface area contributed by atoms with Gasteiger partial charge in [-0.15, -0.1) is 0 Å². The van der Waals surface area contributed by atoms with Gasteiger partial charge in [-0.25, -0.2) is 0 Å². The molecule has 1 saturated carbocycles. The molecule has 154 valence electrons. The summed E-state index contributed by atoms with van der Waals surface area (Å²) in [4.78, 5) is 38.3. The van der Waals surface area contributed by atoms with Crippen molar-refractivity contribution in [1.29, 1.82) is 0 Å². The number of hydrogen-bond acceptors (Lipinski definition) is 5. The summed E-state index contributed by atoms with van der Waals surface area (Å²) in [6, 6.07) is 0. The first-order valence-electron chi connectivity index (χ1n) is 10.7. The molecule has 5 heteroatoms. The molecular weight excluding hydrogens is 368 g/mol. The summed E-state index contributed by atoms with van der Waals surface area (Å²) in [7, 11) is 1.33. The third-order valence-corrected chi connectivity index (χ3v) is 8.88. The van der Waals surface area contributed by atoms with E-state index in [4.69, 9.17) is 4.74 Å². The number of Topliss-reactive ketones (excluding diaryl/α,β-unsaturated/α-hetero) is 1. The summed E-state index contributed by atoms with van der Waals surface area (Å²) < 4.78 is 5.10. The highest BCUT2D eigenvalue weighted by molar-refractivity contribution is 5.96. The normalized spacial score (nSPS) is 43.2. The number of aliphatic hydroxyl groups is 1. The zero-order chi connectivity index (χ0) is 20.8. The van der Waals surface area contributed by atoms with E-state index in [0.29, 0.717) is 24.8 Å². The Morgan fingerprint density at radius 2 is 1.90 bits per heavy atom. The molecule has 0 saturated heterocycles. The Labute approximate surface area is 170 Å². The lowest BCUT2D eigenvalue weighted by molar-refractivity contribution is -0.148. The molecule has 0 amide bonds. The van der Waals surface area contributed by atoms with Crippen molar-refractivity contribution in [2.24, 2.45) is 22.2 Å². The van der Waals surface area contributed by atoms with Crippen LogP contribution < -0.4 is 0 Å². The predicted molar refractivity (Wildman–Crippen MR) is 106 cm³/mol. The molecule has 1 fully saturated rings. The van der Waals surface area contributed by atoms with Crippen molar-refractivity contribution in [2.75, 3.05) is 7.11 Å². The van der Waals surface area contributed by atoms with Crippen LogP contribution in [0.3, 0.4) is 0 Å². The number of rotatable bonds is 1. The van der Waals surface area contributed by atoms with Crippen LogP contribution in [0.4, 0.5) is 0 Å². The lowest BCUT2D eigenvalue weighted by Crippen LogP contribution is -2.51. The summed E-state index contributed by atoms with van der Waals surface area (Å²) in [6.07, 6.45) is 7.42. The van der Waals surface area contributed by atoms with Gasteiger partial charge in [0.25, 0.3) is 0 Å². The molecule has 0 aromatic carbocycles. The van der Waals surface area contributed by atoms with E-state index in [9.17, 15) is 19.5 Å². The van der Waals surface area contributed by atoms with Gasteiger partial charge in [-0.05, 0) is 60.3 Å². The highest BCUT2D eigenvalue weighted by atomic mass is 16.5. The number of carbonyl (C=O) groups excluding carboxylic acids is 3. The van der Waals surface area contributed by atoms with Crippen molar-refractivity contribution in [2.45, 2.75) is 64.9 Å². The van der Waals surface area contributed by atoms with Crippen LogP contribution in [-0.2, 0) is 19.1 Å². The van der Waals surface area contributed by atoms with Gasteiger partial charge in [-0.1, -0.05) is 25.5 Å². The fraction of sp³-hybridized carbons (Fsp3) is 0.625. The third kappa shape index (κ3) is 2.07. The van der Waals surface area contributed by atoms with Gasteiger partial charge in [0.05, 0.1) is 18.6 Å². The summed E-state index contributed by atoms with van der Waals surface area (Å²) in [5.41, 5.74) is 2.47. The minimum Gasteiger partial charge on any atom is -0.468 e. The van der Waals surface area contributed by atoms with E-state index in [1.807, 2.05) is 0 Å². The molecule has 5 aliphatic rings. The largest absolute Gasteiger partial charge is 0.468 e. The number of allylic oxidation sites excluding steroid dienone is 4.